The molecule has 5 heteroatoms. The van der Waals surface area contributed by atoms with Gasteiger partial charge in [-0.2, -0.15) is 0 Å². The van der Waals surface area contributed by atoms with Gasteiger partial charge in [-0.3, -0.25) is 0 Å². The number of fused-ring (bicyclic) bond motifs is 1. The Bertz CT molecular complexity index is 774. The fraction of sp³-hybridized carbons (Fsp3) is 0.0667. The monoisotopic (exact) mass is 268 g/mol. The van der Waals surface area contributed by atoms with Crippen molar-refractivity contribution in [1.82, 2.24) is 4.98 Å². The van der Waals surface area contributed by atoms with E-state index < -0.39 is 5.97 Å². The van der Waals surface area contributed by atoms with E-state index in [0.29, 0.717) is 17.0 Å². The SMILES string of the molecule is COc1ccc(-c2nc3cc(C(=O)[O-])ccc3o2)cc1. The first kappa shape index (κ1) is 12.2. The van der Waals surface area contributed by atoms with Crippen molar-refractivity contribution in [3.05, 3.63) is 48.0 Å². The van der Waals surface area contributed by atoms with E-state index in [2.05, 4.69) is 4.98 Å². The van der Waals surface area contributed by atoms with E-state index in [1.54, 1.807) is 25.3 Å². The Morgan fingerprint density at radius 3 is 2.60 bits per heavy atom. The number of nitrogens with zero attached hydrogens (tertiary/aromatic N) is 1. The molecule has 0 radical (unpaired) electrons. The molecule has 3 aromatic rings. The van der Waals surface area contributed by atoms with Crippen LogP contribution in [-0.2, 0) is 0 Å². The summed E-state index contributed by atoms with van der Waals surface area (Å²) < 4.78 is 10.7. The van der Waals surface area contributed by atoms with Crippen LogP contribution in [0.5, 0.6) is 5.75 Å². The lowest BCUT2D eigenvalue weighted by molar-refractivity contribution is -0.255. The molecule has 3 rings (SSSR count). The number of carboxylic acids is 1. The van der Waals surface area contributed by atoms with Gasteiger partial charge >= 0.3 is 0 Å². The predicted molar refractivity (Wildman–Crippen MR) is 70.3 cm³/mol. The van der Waals surface area contributed by atoms with Gasteiger partial charge in [-0.15, -0.1) is 0 Å². The lowest BCUT2D eigenvalue weighted by Gasteiger charge is -1.99. The summed E-state index contributed by atoms with van der Waals surface area (Å²) in [6.45, 7) is 0. The minimum atomic E-state index is -1.24. The topological polar surface area (TPSA) is 75.4 Å². The van der Waals surface area contributed by atoms with Gasteiger partial charge in [0.2, 0.25) is 5.89 Å². The van der Waals surface area contributed by atoms with E-state index in [4.69, 9.17) is 9.15 Å². The number of aromatic carboxylic acids is 1. The highest BCUT2D eigenvalue weighted by atomic mass is 16.5. The average molecular weight is 268 g/mol. The average Bonchev–Trinajstić information content (AvgIpc) is 2.90. The van der Waals surface area contributed by atoms with Crippen LogP contribution in [0.4, 0.5) is 0 Å². The fourth-order valence-electron chi connectivity index (χ4n) is 1.91. The number of hydrogen-bond acceptors (Lipinski definition) is 5. The van der Waals surface area contributed by atoms with Crippen molar-refractivity contribution < 1.29 is 19.1 Å². The lowest BCUT2D eigenvalue weighted by atomic mass is 10.2. The summed E-state index contributed by atoms with van der Waals surface area (Å²) in [6.07, 6.45) is 0. The third-order valence-corrected chi connectivity index (χ3v) is 2.96. The molecule has 0 aliphatic carbocycles. The van der Waals surface area contributed by atoms with Crippen LogP contribution in [0.3, 0.4) is 0 Å². The molecule has 1 heterocycles. The predicted octanol–water partition coefficient (Wildman–Crippen LogP) is 1.87. The van der Waals surface area contributed by atoms with Gasteiger partial charge in [-0.25, -0.2) is 4.98 Å². The number of carbonyl (C=O) groups excluding carboxylic acids is 1. The Morgan fingerprint density at radius 1 is 1.20 bits per heavy atom. The Labute approximate surface area is 114 Å². The summed E-state index contributed by atoms with van der Waals surface area (Å²) in [5, 5.41) is 10.8. The van der Waals surface area contributed by atoms with Crippen LogP contribution in [0, 0.1) is 0 Å². The second-order valence-corrected chi connectivity index (χ2v) is 4.22. The van der Waals surface area contributed by atoms with Gasteiger partial charge in [0, 0.05) is 5.56 Å². The number of rotatable bonds is 3. The van der Waals surface area contributed by atoms with Crippen molar-refractivity contribution in [2.45, 2.75) is 0 Å². The quantitative estimate of drug-likeness (QED) is 0.724. The van der Waals surface area contributed by atoms with E-state index in [9.17, 15) is 9.90 Å². The molecule has 0 bridgehead atoms. The number of ether oxygens (including phenoxy) is 1. The van der Waals surface area contributed by atoms with Gasteiger partial charge in [-0.05, 0) is 48.0 Å². The van der Waals surface area contributed by atoms with E-state index in [1.807, 2.05) is 12.1 Å². The first-order valence-corrected chi connectivity index (χ1v) is 5.94. The van der Waals surface area contributed by atoms with E-state index in [0.717, 1.165) is 11.3 Å². The standard InChI is InChI=1S/C15H11NO4/c1-19-11-5-2-9(3-6-11)14-16-12-8-10(15(17)18)4-7-13(12)20-14/h2-8H,1H3,(H,17,18)/p-1. The number of oxazole rings is 1. The van der Waals surface area contributed by atoms with Crippen molar-refractivity contribution in [1.29, 1.82) is 0 Å². The number of benzene rings is 2. The number of carbonyl (C=O) groups is 1. The summed E-state index contributed by atoms with van der Waals surface area (Å²) in [7, 11) is 1.59. The zero-order valence-electron chi connectivity index (χ0n) is 10.6. The number of aromatic nitrogens is 1. The highest BCUT2D eigenvalue weighted by molar-refractivity contribution is 5.91. The molecule has 0 amide bonds. The smallest absolute Gasteiger partial charge is 0.227 e. The number of hydrogen-bond donors (Lipinski definition) is 0. The van der Waals surface area contributed by atoms with Gasteiger partial charge in [-0.1, -0.05) is 0 Å². The Balaban J connectivity index is 2.05. The Kier molecular flexibility index (Phi) is 2.87. The van der Waals surface area contributed by atoms with Crippen LogP contribution < -0.4 is 9.84 Å². The molecule has 0 aliphatic heterocycles. The summed E-state index contributed by atoms with van der Waals surface area (Å²) in [5.74, 6) is -0.0665. The molecular weight excluding hydrogens is 258 g/mol. The van der Waals surface area contributed by atoms with E-state index >= 15 is 0 Å². The zero-order valence-corrected chi connectivity index (χ0v) is 10.6. The lowest BCUT2D eigenvalue weighted by Crippen LogP contribution is -2.21. The summed E-state index contributed by atoms with van der Waals surface area (Å²) in [6, 6.07) is 11.7. The van der Waals surface area contributed by atoms with Crippen LogP contribution in [-0.4, -0.2) is 18.1 Å². The fourth-order valence-corrected chi connectivity index (χ4v) is 1.91. The second kappa shape index (κ2) is 4.70. The van der Waals surface area contributed by atoms with Crippen molar-refractivity contribution in [2.24, 2.45) is 0 Å². The number of carboxylic acid groups (broad SMARTS) is 1. The normalized spacial score (nSPS) is 10.7. The van der Waals surface area contributed by atoms with Crippen LogP contribution in [0.25, 0.3) is 22.6 Å². The van der Waals surface area contributed by atoms with Crippen LogP contribution in [0.15, 0.2) is 46.9 Å². The van der Waals surface area contributed by atoms with Gasteiger partial charge in [0.25, 0.3) is 0 Å². The maximum atomic E-state index is 10.8. The summed E-state index contributed by atoms with van der Waals surface area (Å²) >= 11 is 0. The molecular formula is C15H10NO4-. The van der Waals surface area contributed by atoms with Crippen LogP contribution in [0.2, 0.25) is 0 Å². The zero-order chi connectivity index (χ0) is 14.1. The molecule has 0 saturated carbocycles. The van der Waals surface area contributed by atoms with Crippen molar-refractivity contribution in [3.63, 3.8) is 0 Å². The first-order chi connectivity index (χ1) is 9.67. The second-order valence-electron chi connectivity index (χ2n) is 4.22. The van der Waals surface area contributed by atoms with Crippen LogP contribution >= 0.6 is 0 Å². The molecule has 0 N–H and O–H groups in total. The maximum absolute atomic E-state index is 10.8. The largest absolute Gasteiger partial charge is 0.545 e. The molecule has 0 spiro atoms. The summed E-state index contributed by atoms with van der Waals surface area (Å²) in [5.41, 5.74) is 1.88. The van der Waals surface area contributed by atoms with Crippen molar-refractivity contribution in [3.8, 4) is 17.2 Å². The molecule has 20 heavy (non-hydrogen) atoms. The molecule has 0 fully saturated rings. The van der Waals surface area contributed by atoms with Gasteiger partial charge in [0.15, 0.2) is 5.58 Å². The molecule has 5 nitrogen and oxygen atoms in total. The molecule has 2 aromatic carbocycles. The molecule has 0 saturated heterocycles. The Morgan fingerprint density at radius 2 is 1.95 bits per heavy atom. The Hall–Kier alpha value is -2.82. The van der Waals surface area contributed by atoms with Crippen molar-refractivity contribution >= 4 is 17.1 Å². The first-order valence-electron chi connectivity index (χ1n) is 5.94. The summed E-state index contributed by atoms with van der Waals surface area (Å²) in [4.78, 5) is 15.1. The van der Waals surface area contributed by atoms with Gasteiger partial charge < -0.3 is 19.1 Å². The van der Waals surface area contributed by atoms with Gasteiger partial charge in [0.1, 0.15) is 11.3 Å². The maximum Gasteiger partial charge on any atom is 0.227 e. The van der Waals surface area contributed by atoms with E-state index in [-0.39, 0.29) is 5.56 Å². The number of methoxy groups -OCH3 is 1. The molecule has 0 atom stereocenters. The minimum absolute atomic E-state index is 0.0760. The highest BCUT2D eigenvalue weighted by Gasteiger charge is 2.09. The molecule has 0 aliphatic rings. The minimum Gasteiger partial charge on any atom is -0.545 e. The highest BCUT2D eigenvalue weighted by Crippen LogP contribution is 2.26. The molecule has 0 unspecified atom stereocenters. The third-order valence-electron chi connectivity index (χ3n) is 2.96. The van der Waals surface area contributed by atoms with Gasteiger partial charge in [0.05, 0.1) is 13.1 Å². The van der Waals surface area contributed by atoms with E-state index in [1.165, 1.54) is 12.1 Å². The van der Waals surface area contributed by atoms with Crippen LogP contribution in [0.1, 0.15) is 10.4 Å². The third kappa shape index (κ3) is 2.09. The molecule has 100 valence electrons. The molecule has 1 aromatic heterocycles. The van der Waals surface area contributed by atoms with Crippen molar-refractivity contribution in [2.75, 3.05) is 7.11 Å².